The van der Waals surface area contributed by atoms with E-state index in [1.807, 2.05) is 0 Å². The molecule has 18 heavy (non-hydrogen) atoms. The summed E-state index contributed by atoms with van der Waals surface area (Å²) in [6, 6.07) is 0. The van der Waals surface area contributed by atoms with E-state index in [2.05, 4.69) is 40.8 Å². The Morgan fingerprint density at radius 1 is 1.39 bits per heavy atom. The van der Waals surface area contributed by atoms with Crippen LogP contribution in [0.1, 0.15) is 24.0 Å². The summed E-state index contributed by atoms with van der Waals surface area (Å²) < 4.78 is 0. The fourth-order valence-electron chi connectivity index (χ4n) is 1.57. The maximum Gasteiger partial charge on any atom is 0.183 e. The van der Waals surface area contributed by atoms with Gasteiger partial charge in [-0.05, 0) is 19.6 Å². The van der Waals surface area contributed by atoms with E-state index in [4.69, 9.17) is 0 Å². The number of hydrogen-bond donors (Lipinski definition) is 1. The summed E-state index contributed by atoms with van der Waals surface area (Å²) in [7, 11) is 0. The van der Waals surface area contributed by atoms with E-state index < -0.39 is 0 Å². The molecule has 2 rings (SSSR count). The molecule has 98 valence electrons. The minimum absolute atomic E-state index is 0.979. The Morgan fingerprint density at radius 2 is 2.22 bits per heavy atom. The Balaban J connectivity index is 2.17. The monoisotopic (exact) mass is 299 g/mol. The second-order valence-corrected chi connectivity index (χ2v) is 6.73. The zero-order valence-corrected chi connectivity index (χ0v) is 13.3. The SMILES string of the molecule is CCCNc1nc(-c2sc(CSC)nc2C)cs1. The average molecular weight is 299 g/mol. The average Bonchev–Trinajstić information content (AvgIpc) is 2.94. The van der Waals surface area contributed by atoms with E-state index in [0.29, 0.717) is 0 Å². The van der Waals surface area contributed by atoms with Crippen LogP contribution in [0.2, 0.25) is 0 Å². The molecule has 0 aliphatic heterocycles. The van der Waals surface area contributed by atoms with Gasteiger partial charge >= 0.3 is 0 Å². The molecule has 0 unspecified atom stereocenters. The molecule has 0 aliphatic rings. The molecular weight excluding hydrogens is 282 g/mol. The van der Waals surface area contributed by atoms with Crippen molar-refractivity contribution in [1.82, 2.24) is 9.97 Å². The minimum atomic E-state index is 0.979. The highest BCUT2D eigenvalue weighted by Crippen LogP contribution is 2.33. The van der Waals surface area contributed by atoms with Crippen molar-refractivity contribution in [1.29, 1.82) is 0 Å². The van der Waals surface area contributed by atoms with Crippen LogP contribution in [0.3, 0.4) is 0 Å². The van der Waals surface area contributed by atoms with Crippen molar-refractivity contribution in [3.05, 3.63) is 16.1 Å². The summed E-state index contributed by atoms with van der Waals surface area (Å²) in [5, 5.41) is 7.63. The second kappa shape index (κ2) is 6.54. The third-order valence-corrected chi connectivity index (χ3v) is 5.10. The Kier molecular flexibility index (Phi) is 5.03. The molecule has 2 heterocycles. The number of thioether (sulfide) groups is 1. The van der Waals surface area contributed by atoms with E-state index in [1.165, 1.54) is 9.88 Å². The fourth-order valence-corrected chi connectivity index (χ4v) is 4.09. The van der Waals surface area contributed by atoms with Crippen molar-refractivity contribution in [2.45, 2.75) is 26.0 Å². The number of rotatable bonds is 6. The summed E-state index contributed by atoms with van der Waals surface area (Å²) in [6.45, 7) is 5.20. The zero-order chi connectivity index (χ0) is 13.0. The van der Waals surface area contributed by atoms with Crippen LogP contribution in [-0.4, -0.2) is 22.8 Å². The van der Waals surface area contributed by atoms with Crippen LogP contribution in [0, 0.1) is 6.92 Å². The summed E-state index contributed by atoms with van der Waals surface area (Å²) >= 11 is 5.23. The van der Waals surface area contributed by atoms with E-state index >= 15 is 0 Å². The second-order valence-electron chi connectivity index (χ2n) is 3.92. The number of nitrogens with one attached hydrogen (secondary N) is 1. The lowest BCUT2D eigenvalue weighted by atomic mass is 10.3. The van der Waals surface area contributed by atoms with Gasteiger partial charge in [0.05, 0.1) is 16.3 Å². The molecular formula is C12H17N3S3. The quantitative estimate of drug-likeness (QED) is 0.865. The highest BCUT2D eigenvalue weighted by molar-refractivity contribution is 7.97. The maximum atomic E-state index is 4.62. The molecule has 2 aromatic rings. The Labute approximate surface area is 120 Å². The van der Waals surface area contributed by atoms with Crippen molar-refractivity contribution in [3.8, 4) is 10.6 Å². The molecule has 2 aromatic heterocycles. The first-order chi connectivity index (χ1) is 8.74. The van der Waals surface area contributed by atoms with Gasteiger partial charge in [0, 0.05) is 17.7 Å². The van der Waals surface area contributed by atoms with E-state index in [1.54, 1.807) is 34.4 Å². The first-order valence-electron chi connectivity index (χ1n) is 5.89. The fraction of sp³-hybridized carbons (Fsp3) is 0.500. The van der Waals surface area contributed by atoms with Crippen molar-refractivity contribution >= 4 is 39.6 Å². The number of aryl methyl sites for hydroxylation is 1. The lowest BCUT2D eigenvalue weighted by Crippen LogP contribution is -1.98. The Hall–Kier alpha value is -0.590. The summed E-state index contributed by atoms with van der Waals surface area (Å²) in [5.41, 5.74) is 2.15. The summed E-state index contributed by atoms with van der Waals surface area (Å²) in [6.07, 6.45) is 3.22. The molecule has 0 amide bonds. The number of thiazole rings is 2. The van der Waals surface area contributed by atoms with Gasteiger partial charge in [0.25, 0.3) is 0 Å². The molecule has 0 radical (unpaired) electrons. The van der Waals surface area contributed by atoms with Crippen molar-refractivity contribution in [2.75, 3.05) is 18.1 Å². The summed E-state index contributed by atoms with van der Waals surface area (Å²) in [5.74, 6) is 0.983. The normalized spacial score (nSPS) is 10.8. The van der Waals surface area contributed by atoms with Crippen LogP contribution < -0.4 is 5.32 Å². The molecule has 0 fully saturated rings. The maximum absolute atomic E-state index is 4.62. The molecule has 6 heteroatoms. The third-order valence-electron chi connectivity index (χ3n) is 2.37. The minimum Gasteiger partial charge on any atom is -0.362 e. The third kappa shape index (κ3) is 3.24. The first-order valence-corrected chi connectivity index (χ1v) is 8.98. The van der Waals surface area contributed by atoms with Crippen LogP contribution >= 0.6 is 34.4 Å². The molecule has 0 aliphatic carbocycles. The molecule has 0 spiro atoms. The van der Waals surface area contributed by atoms with Crippen LogP contribution in [0.5, 0.6) is 0 Å². The van der Waals surface area contributed by atoms with E-state index in [9.17, 15) is 0 Å². The molecule has 1 N–H and O–H groups in total. The van der Waals surface area contributed by atoms with Crippen LogP contribution in [0.25, 0.3) is 10.6 Å². The number of aromatic nitrogens is 2. The molecule has 3 nitrogen and oxygen atoms in total. The van der Waals surface area contributed by atoms with Crippen molar-refractivity contribution < 1.29 is 0 Å². The Bertz CT molecular complexity index is 504. The summed E-state index contributed by atoms with van der Waals surface area (Å²) in [4.78, 5) is 10.4. The lowest BCUT2D eigenvalue weighted by Gasteiger charge is -1.97. The van der Waals surface area contributed by atoms with Crippen molar-refractivity contribution in [2.24, 2.45) is 0 Å². The van der Waals surface area contributed by atoms with Crippen molar-refractivity contribution in [3.63, 3.8) is 0 Å². The molecule has 0 saturated heterocycles. The largest absolute Gasteiger partial charge is 0.362 e. The molecule has 0 bridgehead atoms. The van der Waals surface area contributed by atoms with Crippen LogP contribution in [-0.2, 0) is 5.75 Å². The predicted molar refractivity (Wildman–Crippen MR) is 84.0 cm³/mol. The predicted octanol–water partition coefficient (Wildman–Crippen LogP) is 4.26. The van der Waals surface area contributed by atoms with Gasteiger partial charge in [-0.3, -0.25) is 0 Å². The van der Waals surface area contributed by atoms with Gasteiger partial charge in [0.15, 0.2) is 5.13 Å². The van der Waals surface area contributed by atoms with Gasteiger partial charge in [0.2, 0.25) is 0 Å². The van der Waals surface area contributed by atoms with E-state index in [-0.39, 0.29) is 0 Å². The standard InChI is InChI=1S/C12H17N3S3/c1-4-5-13-12-15-9(6-17-12)11-8(2)14-10(18-11)7-16-3/h6H,4-5,7H2,1-3H3,(H,13,15). The number of hydrogen-bond acceptors (Lipinski definition) is 6. The van der Waals surface area contributed by atoms with Gasteiger partial charge in [-0.2, -0.15) is 11.8 Å². The van der Waals surface area contributed by atoms with E-state index in [0.717, 1.165) is 35.2 Å². The number of anilines is 1. The molecule has 0 atom stereocenters. The van der Waals surface area contributed by atoms with Gasteiger partial charge in [-0.25, -0.2) is 9.97 Å². The highest BCUT2D eigenvalue weighted by Gasteiger charge is 2.12. The topological polar surface area (TPSA) is 37.8 Å². The zero-order valence-electron chi connectivity index (χ0n) is 10.8. The van der Waals surface area contributed by atoms with Gasteiger partial charge in [0.1, 0.15) is 5.01 Å². The Morgan fingerprint density at radius 3 is 2.94 bits per heavy atom. The van der Waals surface area contributed by atoms with Gasteiger partial charge in [-0.15, -0.1) is 22.7 Å². The smallest absolute Gasteiger partial charge is 0.183 e. The van der Waals surface area contributed by atoms with Crippen LogP contribution in [0.4, 0.5) is 5.13 Å². The molecule has 0 saturated carbocycles. The number of nitrogens with zero attached hydrogens (tertiary/aromatic N) is 2. The van der Waals surface area contributed by atoms with Gasteiger partial charge < -0.3 is 5.32 Å². The van der Waals surface area contributed by atoms with Crippen LogP contribution in [0.15, 0.2) is 5.38 Å². The lowest BCUT2D eigenvalue weighted by molar-refractivity contribution is 0.976. The molecule has 0 aromatic carbocycles. The highest BCUT2D eigenvalue weighted by atomic mass is 32.2. The van der Waals surface area contributed by atoms with Gasteiger partial charge in [-0.1, -0.05) is 6.92 Å². The first kappa shape index (κ1) is 13.8.